The smallest absolute Gasteiger partial charge is 0.229 e. The van der Waals surface area contributed by atoms with E-state index in [2.05, 4.69) is 26.6 Å². The molecule has 2 N–H and O–H groups in total. The Morgan fingerprint density at radius 3 is 2.78 bits per heavy atom. The van der Waals surface area contributed by atoms with Crippen molar-refractivity contribution in [1.29, 1.82) is 0 Å². The Labute approximate surface area is 112 Å². The number of hydrogen-bond donors (Lipinski definition) is 2. The second-order valence-corrected chi connectivity index (χ2v) is 5.24. The Bertz CT molecular complexity index is 458. The van der Waals surface area contributed by atoms with Crippen molar-refractivity contribution in [2.24, 2.45) is 5.92 Å². The van der Waals surface area contributed by atoms with Gasteiger partial charge in [0.25, 0.3) is 0 Å². The van der Waals surface area contributed by atoms with Crippen molar-refractivity contribution in [1.82, 2.24) is 5.32 Å². The normalized spacial score (nSPS) is 23.1. The summed E-state index contributed by atoms with van der Waals surface area (Å²) in [5, 5.41) is 5.77. The number of rotatable bonds is 2. The third-order valence-corrected chi connectivity index (χ3v) is 3.69. The first kappa shape index (κ1) is 13.4. The summed E-state index contributed by atoms with van der Waals surface area (Å²) in [5.74, 6) is -2.26. The van der Waals surface area contributed by atoms with Crippen LogP contribution in [0.4, 0.5) is 14.5 Å². The molecule has 1 amide bonds. The van der Waals surface area contributed by atoms with E-state index >= 15 is 0 Å². The summed E-state index contributed by atoms with van der Waals surface area (Å²) >= 11 is 2.90. The molecule has 0 bridgehead atoms. The maximum absolute atomic E-state index is 13.2. The van der Waals surface area contributed by atoms with Gasteiger partial charge in [-0.2, -0.15) is 0 Å². The van der Waals surface area contributed by atoms with Crippen LogP contribution in [0.1, 0.15) is 13.3 Å². The topological polar surface area (TPSA) is 41.1 Å². The van der Waals surface area contributed by atoms with Crippen molar-refractivity contribution in [2.45, 2.75) is 19.4 Å². The molecular formula is C12H13BrF2N2O. The highest BCUT2D eigenvalue weighted by Gasteiger charge is 2.29. The van der Waals surface area contributed by atoms with Crippen LogP contribution in [-0.4, -0.2) is 18.5 Å². The van der Waals surface area contributed by atoms with Gasteiger partial charge in [-0.25, -0.2) is 8.78 Å². The average Bonchev–Trinajstić information content (AvgIpc) is 2.72. The maximum Gasteiger partial charge on any atom is 0.229 e. The lowest BCUT2D eigenvalue weighted by atomic mass is 10.0. The third-order valence-electron chi connectivity index (χ3n) is 3.11. The van der Waals surface area contributed by atoms with E-state index < -0.39 is 11.6 Å². The van der Waals surface area contributed by atoms with E-state index in [-0.39, 0.29) is 28.0 Å². The molecule has 1 fully saturated rings. The molecule has 0 aromatic heterocycles. The van der Waals surface area contributed by atoms with Crippen LogP contribution in [0.25, 0.3) is 0 Å². The van der Waals surface area contributed by atoms with Crippen LogP contribution in [0.5, 0.6) is 0 Å². The molecule has 3 nitrogen and oxygen atoms in total. The summed E-state index contributed by atoms with van der Waals surface area (Å²) in [5.41, 5.74) is 0.255. The van der Waals surface area contributed by atoms with Crippen LogP contribution in [0.2, 0.25) is 0 Å². The Balaban J connectivity index is 2.12. The number of carbonyl (C=O) groups is 1. The lowest BCUT2D eigenvalue weighted by molar-refractivity contribution is -0.120. The lowest BCUT2D eigenvalue weighted by Crippen LogP contribution is -2.32. The fourth-order valence-electron chi connectivity index (χ4n) is 2.08. The summed E-state index contributed by atoms with van der Waals surface area (Å²) in [6.45, 7) is 2.72. The van der Waals surface area contributed by atoms with Gasteiger partial charge in [0, 0.05) is 17.8 Å². The number of benzene rings is 1. The zero-order valence-corrected chi connectivity index (χ0v) is 11.4. The SMILES string of the molecule is C[C@@H]1NCC[C@@H]1C(=O)Nc1cc(F)c(F)c(Br)c1. The predicted octanol–water partition coefficient (Wildman–Crippen LogP) is 2.66. The summed E-state index contributed by atoms with van der Waals surface area (Å²) in [6, 6.07) is 2.42. The predicted molar refractivity (Wildman–Crippen MR) is 68.3 cm³/mol. The van der Waals surface area contributed by atoms with Crippen LogP contribution in [-0.2, 0) is 4.79 Å². The number of anilines is 1. The summed E-state index contributed by atoms with van der Waals surface area (Å²) in [4.78, 5) is 12.0. The molecule has 1 aromatic carbocycles. The molecule has 2 atom stereocenters. The minimum absolute atomic E-state index is 0.00426. The fraction of sp³-hybridized carbons (Fsp3) is 0.417. The van der Waals surface area contributed by atoms with Crippen molar-refractivity contribution in [3.05, 3.63) is 28.2 Å². The van der Waals surface area contributed by atoms with E-state index in [1.54, 1.807) is 0 Å². The van der Waals surface area contributed by atoms with Crippen molar-refractivity contribution in [3.8, 4) is 0 Å². The van der Waals surface area contributed by atoms with Crippen molar-refractivity contribution >= 4 is 27.5 Å². The van der Waals surface area contributed by atoms with Gasteiger partial charge in [-0.15, -0.1) is 0 Å². The van der Waals surface area contributed by atoms with E-state index in [0.717, 1.165) is 19.0 Å². The van der Waals surface area contributed by atoms with Gasteiger partial charge >= 0.3 is 0 Å². The van der Waals surface area contributed by atoms with E-state index in [9.17, 15) is 13.6 Å². The minimum Gasteiger partial charge on any atom is -0.326 e. The maximum atomic E-state index is 13.2. The number of nitrogens with one attached hydrogen (secondary N) is 2. The zero-order chi connectivity index (χ0) is 13.3. The van der Waals surface area contributed by atoms with E-state index in [0.29, 0.717) is 0 Å². The first-order chi connectivity index (χ1) is 8.49. The third kappa shape index (κ3) is 2.70. The van der Waals surface area contributed by atoms with Gasteiger partial charge in [0.15, 0.2) is 11.6 Å². The first-order valence-electron chi connectivity index (χ1n) is 5.68. The highest BCUT2D eigenvalue weighted by molar-refractivity contribution is 9.10. The fourth-order valence-corrected chi connectivity index (χ4v) is 2.52. The number of amides is 1. The van der Waals surface area contributed by atoms with Crippen LogP contribution in [0.15, 0.2) is 16.6 Å². The Hall–Kier alpha value is -1.01. The molecule has 0 aliphatic carbocycles. The number of halogens is 3. The largest absolute Gasteiger partial charge is 0.326 e. The molecule has 1 saturated heterocycles. The van der Waals surface area contributed by atoms with E-state index in [4.69, 9.17) is 0 Å². The summed E-state index contributed by atoms with van der Waals surface area (Å²) in [7, 11) is 0. The molecule has 1 aliphatic heterocycles. The van der Waals surface area contributed by atoms with Gasteiger partial charge in [-0.3, -0.25) is 4.79 Å². The second kappa shape index (κ2) is 5.32. The molecule has 6 heteroatoms. The highest BCUT2D eigenvalue weighted by Crippen LogP contribution is 2.24. The van der Waals surface area contributed by atoms with Crippen molar-refractivity contribution in [3.63, 3.8) is 0 Å². The van der Waals surface area contributed by atoms with Crippen molar-refractivity contribution in [2.75, 3.05) is 11.9 Å². The number of carbonyl (C=O) groups excluding carboxylic acids is 1. The molecule has 98 valence electrons. The molecule has 0 spiro atoms. The second-order valence-electron chi connectivity index (χ2n) is 4.38. The number of hydrogen-bond acceptors (Lipinski definition) is 2. The van der Waals surface area contributed by atoms with Crippen LogP contribution in [0.3, 0.4) is 0 Å². The van der Waals surface area contributed by atoms with Crippen LogP contribution in [0, 0.1) is 17.6 Å². The molecule has 2 rings (SSSR count). The quantitative estimate of drug-likeness (QED) is 0.823. The minimum atomic E-state index is -0.989. The molecular weight excluding hydrogens is 306 g/mol. The first-order valence-corrected chi connectivity index (χ1v) is 6.47. The van der Waals surface area contributed by atoms with E-state index in [1.165, 1.54) is 6.07 Å². The standard InChI is InChI=1S/C12H13BrF2N2O/c1-6-8(2-3-16-6)12(18)17-7-4-9(13)11(15)10(14)5-7/h4-6,8,16H,2-3H2,1H3,(H,17,18)/t6-,8-/m0/s1. The zero-order valence-electron chi connectivity index (χ0n) is 9.77. The summed E-state index contributed by atoms with van der Waals surface area (Å²) in [6.07, 6.45) is 0.748. The average molecular weight is 319 g/mol. The lowest BCUT2D eigenvalue weighted by Gasteiger charge is -2.15. The van der Waals surface area contributed by atoms with E-state index in [1.807, 2.05) is 6.92 Å². The summed E-state index contributed by atoms with van der Waals surface area (Å²) < 4.78 is 26.2. The van der Waals surface area contributed by atoms with Gasteiger partial charge in [-0.05, 0) is 41.9 Å². The molecule has 0 unspecified atom stereocenters. The molecule has 18 heavy (non-hydrogen) atoms. The van der Waals surface area contributed by atoms with Gasteiger partial charge < -0.3 is 10.6 Å². The molecule has 0 radical (unpaired) electrons. The molecule has 0 saturated carbocycles. The highest BCUT2D eigenvalue weighted by atomic mass is 79.9. The monoisotopic (exact) mass is 318 g/mol. The van der Waals surface area contributed by atoms with Gasteiger partial charge in [-0.1, -0.05) is 0 Å². The Kier molecular flexibility index (Phi) is 3.97. The van der Waals surface area contributed by atoms with Gasteiger partial charge in [0.1, 0.15) is 0 Å². The van der Waals surface area contributed by atoms with Crippen LogP contribution >= 0.6 is 15.9 Å². The molecule has 1 aliphatic rings. The van der Waals surface area contributed by atoms with Crippen molar-refractivity contribution < 1.29 is 13.6 Å². The molecule has 1 aromatic rings. The molecule has 1 heterocycles. The Morgan fingerprint density at radius 1 is 1.50 bits per heavy atom. The van der Waals surface area contributed by atoms with Crippen LogP contribution < -0.4 is 10.6 Å². The Morgan fingerprint density at radius 2 is 2.22 bits per heavy atom. The van der Waals surface area contributed by atoms with Gasteiger partial charge in [0.05, 0.1) is 10.4 Å². The van der Waals surface area contributed by atoms with Gasteiger partial charge in [0.2, 0.25) is 5.91 Å².